The second-order valence-electron chi connectivity index (χ2n) is 4.15. The third kappa shape index (κ3) is 3.42. The zero-order valence-corrected chi connectivity index (χ0v) is 11.4. The second kappa shape index (κ2) is 6.16. The maximum atomic E-state index is 9.87. The molecule has 2 rings (SSSR count). The summed E-state index contributed by atoms with van der Waals surface area (Å²) in [5, 5.41) is 13.0. The highest BCUT2D eigenvalue weighted by Gasteiger charge is 2.11. The fraction of sp³-hybridized carbons (Fsp3) is 0.0625. The maximum absolute atomic E-state index is 9.87. The quantitative estimate of drug-likeness (QED) is 0.491. The van der Waals surface area contributed by atoms with E-state index in [-0.39, 0.29) is 5.76 Å². The van der Waals surface area contributed by atoms with Crippen molar-refractivity contribution in [2.45, 2.75) is 6.92 Å². The molecule has 0 saturated carbocycles. The van der Waals surface area contributed by atoms with Gasteiger partial charge in [-0.25, -0.2) is 0 Å². The number of rotatable bonds is 3. The smallest absolute Gasteiger partial charge is 0.114 e. The van der Waals surface area contributed by atoms with E-state index in [4.69, 9.17) is 12.2 Å². The van der Waals surface area contributed by atoms with E-state index in [1.165, 1.54) is 0 Å². The van der Waals surface area contributed by atoms with Gasteiger partial charge < -0.3 is 10.4 Å². The lowest BCUT2D eigenvalue weighted by Crippen LogP contribution is -2.12. The van der Waals surface area contributed by atoms with Crippen molar-refractivity contribution < 1.29 is 5.11 Å². The van der Waals surface area contributed by atoms with Crippen LogP contribution in [-0.4, -0.2) is 10.1 Å². The molecule has 19 heavy (non-hydrogen) atoms. The van der Waals surface area contributed by atoms with E-state index in [0.29, 0.717) is 10.6 Å². The van der Waals surface area contributed by atoms with Crippen molar-refractivity contribution in [1.29, 1.82) is 0 Å². The summed E-state index contributed by atoms with van der Waals surface area (Å²) in [6, 6.07) is 19.3. The summed E-state index contributed by atoms with van der Waals surface area (Å²) in [4.78, 5) is 0.511. The first kappa shape index (κ1) is 13.3. The molecule has 0 radical (unpaired) electrons. The van der Waals surface area contributed by atoms with Gasteiger partial charge in [0, 0.05) is 5.69 Å². The van der Waals surface area contributed by atoms with E-state index in [9.17, 15) is 5.11 Å². The van der Waals surface area contributed by atoms with Gasteiger partial charge in [-0.05, 0) is 24.6 Å². The number of allylic oxidation sites excluding steroid dienone is 1. The van der Waals surface area contributed by atoms with Gasteiger partial charge in [0.15, 0.2) is 0 Å². The molecule has 0 heterocycles. The normalized spacial score (nSPS) is 11.6. The molecule has 2 N–H and O–H groups in total. The van der Waals surface area contributed by atoms with E-state index in [1.54, 1.807) is 6.92 Å². The van der Waals surface area contributed by atoms with Gasteiger partial charge in [0.1, 0.15) is 4.99 Å². The molecule has 2 aromatic rings. The molecule has 0 aromatic heterocycles. The van der Waals surface area contributed by atoms with E-state index >= 15 is 0 Å². The minimum Gasteiger partial charge on any atom is -0.512 e. The summed E-state index contributed by atoms with van der Waals surface area (Å²) in [6.07, 6.45) is 0. The molecule has 0 saturated heterocycles. The van der Waals surface area contributed by atoms with Crippen LogP contribution in [0.5, 0.6) is 0 Å². The minimum absolute atomic E-state index is 0.208. The summed E-state index contributed by atoms with van der Waals surface area (Å²) in [5.41, 5.74) is 2.46. The number of benzene rings is 2. The number of aliphatic hydroxyl groups is 1. The van der Waals surface area contributed by atoms with Gasteiger partial charge in [0.2, 0.25) is 0 Å². The highest BCUT2D eigenvalue weighted by Crippen LogP contribution is 2.20. The van der Waals surface area contributed by atoms with Crippen molar-refractivity contribution >= 4 is 28.5 Å². The summed E-state index contributed by atoms with van der Waals surface area (Å²) in [7, 11) is 0. The summed E-state index contributed by atoms with van der Waals surface area (Å²) in [5.74, 6) is 0.208. The zero-order valence-electron chi connectivity index (χ0n) is 10.6. The highest BCUT2D eigenvalue weighted by atomic mass is 32.1. The molecule has 0 amide bonds. The van der Waals surface area contributed by atoms with Crippen molar-refractivity contribution in [2.24, 2.45) is 0 Å². The van der Waals surface area contributed by atoms with Gasteiger partial charge in [0.05, 0.1) is 11.3 Å². The van der Waals surface area contributed by atoms with Crippen molar-refractivity contribution in [3.05, 3.63) is 72.0 Å². The largest absolute Gasteiger partial charge is 0.512 e. The van der Waals surface area contributed by atoms with Crippen molar-refractivity contribution in [2.75, 3.05) is 5.32 Å². The summed E-state index contributed by atoms with van der Waals surface area (Å²) in [6.45, 7) is 1.64. The number of thiocarbonyl (C=S) groups is 1. The molecule has 0 spiro atoms. The Morgan fingerprint density at radius 3 is 2.00 bits per heavy atom. The van der Waals surface area contributed by atoms with Gasteiger partial charge in [-0.1, -0.05) is 60.7 Å². The van der Waals surface area contributed by atoms with E-state index in [0.717, 1.165) is 11.3 Å². The van der Waals surface area contributed by atoms with Crippen LogP contribution in [0.4, 0.5) is 5.69 Å². The molecule has 0 aliphatic carbocycles. The number of nitrogens with one attached hydrogen (secondary N) is 1. The van der Waals surface area contributed by atoms with Crippen LogP contribution in [-0.2, 0) is 0 Å². The first-order valence-corrected chi connectivity index (χ1v) is 6.41. The Morgan fingerprint density at radius 1 is 0.947 bits per heavy atom. The molecule has 0 unspecified atom stereocenters. The molecule has 3 heteroatoms. The molecule has 96 valence electrons. The van der Waals surface area contributed by atoms with Crippen LogP contribution in [0.1, 0.15) is 12.5 Å². The van der Waals surface area contributed by atoms with Crippen molar-refractivity contribution in [1.82, 2.24) is 0 Å². The fourth-order valence-electron chi connectivity index (χ4n) is 1.82. The molecule has 0 fully saturated rings. The Morgan fingerprint density at radius 2 is 1.47 bits per heavy atom. The Kier molecular flexibility index (Phi) is 4.31. The summed E-state index contributed by atoms with van der Waals surface area (Å²) < 4.78 is 0. The average molecular weight is 269 g/mol. The van der Waals surface area contributed by atoms with Gasteiger partial charge in [-0.15, -0.1) is 0 Å². The number of anilines is 1. The van der Waals surface area contributed by atoms with E-state index in [2.05, 4.69) is 5.32 Å². The standard InChI is InChI=1S/C16H15NOS/c1-12(18)15(13-8-4-2-5-9-13)16(19)17-14-10-6-3-7-11-14/h2-11,18H,1H3,(H,17,19)/b15-12-. The van der Waals surface area contributed by atoms with Crippen LogP contribution in [0.2, 0.25) is 0 Å². The third-order valence-electron chi connectivity index (χ3n) is 2.68. The van der Waals surface area contributed by atoms with Crippen LogP contribution in [0, 0.1) is 0 Å². The maximum Gasteiger partial charge on any atom is 0.114 e. The van der Waals surface area contributed by atoms with E-state index < -0.39 is 0 Å². The molecular weight excluding hydrogens is 254 g/mol. The highest BCUT2D eigenvalue weighted by molar-refractivity contribution is 7.81. The summed E-state index contributed by atoms with van der Waals surface area (Å²) >= 11 is 5.39. The van der Waals surface area contributed by atoms with Crippen LogP contribution in [0.3, 0.4) is 0 Å². The molecular formula is C16H15NOS. The Balaban J connectivity index is 2.27. The first-order valence-electron chi connectivity index (χ1n) is 6.00. The molecule has 0 atom stereocenters. The monoisotopic (exact) mass is 269 g/mol. The van der Waals surface area contributed by atoms with Crippen LogP contribution in [0.15, 0.2) is 66.4 Å². The predicted octanol–water partition coefficient (Wildman–Crippen LogP) is 4.42. The number of aliphatic hydroxyl groups excluding tert-OH is 1. The lowest BCUT2D eigenvalue weighted by molar-refractivity contribution is 0.418. The van der Waals surface area contributed by atoms with Crippen LogP contribution in [0.25, 0.3) is 5.57 Å². The third-order valence-corrected chi connectivity index (χ3v) is 2.99. The predicted molar refractivity (Wildman–Crippen MR) is 84.3 cm³/mol. The van der Waals surface area contributed by atoms with Gasteiger partial charge in [-0.3, -0.25) is 0 Å². The molecule has 2 nitrogen and oxygen atoms in total. The Hall–Kier alpha value is -2.13. The van der Waals surface area contributed by atoms with Gasteiger partial charge in [-0.2, -0.15) is 0 Å². The van der Waals surface area contributed by atoms with Crippen molar-refractivity contribution in [3.63, 3.8) is 0 Å². The van der Waals surface area contributed by atoms with Crippen LogP contribution >= 0.6 is 12.2 Å². The molecule has 0 aliphatic rings. The number of hydrogen-bond donors (Lipinski definition) is 2. The number of hydrogen-bond acceptors (Lipinski definition) is 2. The van der Waals surface area contributed by atoms with E-state index in [1.807, 2.05) is 60.7 Å². The zero-order chi connectivity index (χ0) is 13.7. The molecule has 0 bridgehead atoms. The molecule has 2 aromatic carbocycles. The van der Waals surface area contributed by atoms with Crippen molar-refractivity contribution in [3.8, 4) is 0 Å². The first-order chi connectivity index (χ1) is 9.18. The Bertz CT molecular complexity index is 587. The SMILES string of the molecule is C/C(O)=C(/C(=S)Nc1ccccc1)c1ccccc1. The average Bonchev–Trinajstić information content (AvgIpc) is 2.40. The molecule has 0 aliphatic heterocycles. The second-order valence-corrected chi connectivity index (χ2v) is 4.55. The topological polar surface area (TPSA) is 32.3 Å². The lowest BCUT2D eigenvalue weighted by Gasteiger charge is -2.13. The number of para-hydroxylation sites is 1. The fourth-order valence-corrected chi connectivity index (χ4v) is 2.21. The minimum atomic E-state index is 0.208. The lowest BCUT2D eigenvalue weighted by atomic mass is 10.0. The van der Waals surface area contributed by atoms with Gasteiger partial charge >= 0.3 is 0 Å². The van der Waals surface area contributed by atoms with Crippen LogP contribution < -0.4 is 5.32 Å². The van der Waals surface area contributed by atoms with Gasteiger partial charge in [0.25, 0.3) is 0 Å². The Labute approximate surface area is 118 Å².